The van der Waals surface area contributed by atoms with E-state index in [9.17, 15) is 24.3 Å². The smallest absolute Gasteiger partial charge is 0.336 e. The molecular formula is C44H54ClN7O8. The number of dihydropyridines is 1. The van der Waals surface area contributed by atoms with Crippen LogP contribution in [-0.2, 0) is 39.9 Å². The highest BCUT2D eigenvalue weighted by Gasteiger charge is 2.39. The van der Waals surface area contributed by atoms with E-state index in [1.807, 2.05) is 69.3 Å². The van der Waals surface area contributed by atoms with E-state index in [1.165, 1.54) is 12.0 Å². The second-order valence-electron chi connectivity index (χ2n) is 14.2. The van der Waals surface area contributed by atoms with Crippen molar-refractivity contribution in [1.29, 1.82) is 0 Å². The Labute approximate surface area is 355 Å². The van der Waals surface area contributed by atoms with Gasteiger partial charge >= 0.3 is 17.9 Å². The van der Waals surface area contributed by atoms with E-state index in [1.54, 1.807) is 38.1 Å². The zero-order valence-electron chi connectivity index (χ0n) is 34.9. The summed E-state index contributed by atoms with van der Waals surface area (Å²) in [5.41, 5.74) is 11.4. The second kappa shape index (κ2) is 23.0. The quantitative estimate of drug-likeness (QED) is 0.0629. The lowest BCUT2D eigenvalue weighted by atomic mass is 9.80. The molecule has 1 amide bonds. The monoisotopic (exact) mass is 843 g/mol. The number of carbonyl (C=O) groups is 4. The first-order valence-corrected chi connectivity index (χ1v) is 20.2. The molecule has 320 valence electrons. The van der Waals surface area contributed by atoms with Crippen molar-refractivity contribution in [3.63, 3.8) is 0 Å². The molecule has 0 bridgehead atoms. The zero-order valence-corrected chi connectivity index (χ0v) is 35.6. The van der Waals surface area contributed by atoms with Crippen molar-refractivity contribution in [2.75, 3.05) is 33.5 Å². The van der Waals surface area contributed by atoms with Crippen molar-refractivity contribution in [3.05, 3.63) is 111 Å². The van der Waals surface area contributed by atoms with Crippen LogP contribution in [0.25, 0.3) is 22.5 Å². The van der Waals surface area contributed by atoms with Crippen molar-refractivity contribution >= 4 is 35.4 Å². The molecule has 0 radical (unpaired) electrons. The number of nitrogens with one attached hydrogen (secondary N) is 2. The topological polar surface area (TPSA) is 212 Å². The Bertz CT molecular complexity index is 2140. The standard InChI is InChI=1S/C24H29N5O3.C20H25ClN2O5/c1-4-5-10-21(30)29(22(16(2)3)24(31)32)15-17-11-13-18(14-12-17)19-8-6-7-9-20(19)23-25-27-28-26-23;1-4-28-20(25)18-15(11-27-10-9-22)23-12(2)16(19(24)26-3)17(18)13-7-5-6-8-14(13)21/h6-9,11-14,16,22H,4-5,10,15H2,1-3H3,(H,31,32)(H,25,26,27,28);5-8,17,23H,4,9-11,22H2,1-3H3. The summed E-state index contributed by atoms with van der Waals surface area (Å²) in [6.45, 7) is 10.3. The Morgan fingerprint density at radius 1 is 0.950 bits per heavy atom. The number of nitrogens with zero attached hydrogens (tertiary/aromatic N) is 4. The molecule has 0 spiro atoms. The highest BCUT2D eigenvalue weighted by Crippen LogP contribution is 2.42. The molecule has 2 atom stereocenters. The molecule has 4 aromatic rings. The van der Waals surface area contributed by atoms with Crippen LogP contribution in [0.15, 0.2) is 95.3 Å². The average molecular weight is 844 g/mol. The van der Waals surface area contributed by atoms with Crippen molar-refractivity contribution < 1.29 is 38.5 Å². The fraction of sp³-hybridized carbons (Fsp3) is 0.386. The molecule has 1 aliphatic heterocycles. The van der Waals surface area contributed by atoms with Gasteiger partial charge in [-0.2, -0.15) is 5.21 Å². The lowest BCUT2D eigenvalue weighted by molar-refractivity contribution is -0.153. The van der Waals surface area contributed by atoms with Gasteiger partial charge in [-0.1, -0.05) is 106 Å². The fourth-order valence-corrected chi connectivity index (χ4v) is 7.15. The third kappa shape index (κ3) is 11.9. The minimum absolute atomic E-state index is 0.109. The highest BCUT2D eigenvalue weighted by molar-refractivity contribution is 6.31. The van der Waals surface area contributed by atoms with Crippen LogP contribution in [0.1, 0.15) is 70.9 Å². The third-order valence-electron chi connectivity index (χ3n) is 9.69. The van der Waals surface area contributed by atoms with Crippen molar-refractivity contribution in [3.8, 4) is 22.5 Å². The van der Waals surface area contributed by atoms with Crippen molar-refractivity contribution in [2.24, 2.45) is 11.7 Å². The van der Waals surface area contributed by atoms with Crippen LogP contribution in [0.2, 0.25) is 5.02 Å². The van der Waals surface area contributed by atoms with E-state index in [0.29, 0.717) is 53.0 Å². The van der Waals surface area contributed by atoms with Gasteiger partial charge in [-0.3, -0.25) is 4.79 Å². The second-order valence-corrected chi connectivity index (χ2v) is 14.6. The van der Waals surface area contributed by atoms with Gasteiger partial charge in [0.15, 0.2) is 0 Å². The Kier molecular flexibility index (Phi) is 18.0. The molecule has 3 aromatic carbocycles. The first-order valence-electron chi connectivity index (χ1n) is 19.8. The van der Waals surface area contributed by atoms with Crippen LogP contribution >= 0.6 is 11.6 Å². The number of nitrogens with two attached hydrogens (primary N) is 1. The van der Waals surface area contributed by atoms with E-state index >= 15 is 0 Å². The summed E-state index contributed by atoms with van der Waals surface area (Å²) in [6.07, 6.45) is 1.97. The SMILES string of the molecule is CCCCC(=O)N(Cc1ccc(-c2ccccc2-c2nn[nH]n2)cc1)C(C(=O)O)C(C)C.CCOC(=O)C1=C(COCCN)NC(C)=C(C(=O)OC)C1c1ccccc1Cl. The number of aromatic amines is 1. The summed E-state index contributed by atoms with van der Waals surface area (Å²) >= 11 is 6.42. The van der Waals surface area contributed by atoms with Gasteiger partial charge in [0.2, 0.25) is 11.7 Å². The number of carboxylic acids is 1. The Morgan fingerprint density at radius 3 is 2.22 bits per heavy atom. The van der Waals surface area contributed by atoms with Crippen LogP contribution in [0, 0.1) is 5.92 Å². The van der Waals surface area contributed by atoms with Gasteiger partial charge in [-0.25, -0.2) is 14.4 Å². The van der Waals surface area contributed by atoms with Gasteiger partial charge in [0.1, 0.15) is 6.04 Å². The fourth-order valence-electron chi connectivity index (χ4n) is 6.90. The Hall–Kier alpha value is -5.90. The predicted molar refractivity (Wildman–Crippen MR) is 227 cm³/mol. The first-order chi connectivity index (χ1) is 28.9. The molecule has 5 rings (SSSR count). The number of carbonyl (C=O) groups excluding carboxylic acids is 3. The van der Waals surface area contributed by atoms with Crippen LogP contribution in [-0.4, -0.2) is 94.0 Å². The average Bonchev–Trinajstić information content (AvgIpc) is 3.78. The van der Waals surface area contributed by atoms with Gasteiger partial charge in [0, 0.05) is 35.8 Å². The number of aromatic nitrogens is 4. The molecule has 0 fully saturated rings. The number of benzene rings is 3. The maximum atomic E-state index is 12.9. The molecule has 0 aliphatic carbocycles. The van der Waals surface area contributed by atoms with Crippen LogP contribution < -0.4 is 11.1 Å². The number of allylic oxidation sites excluding steroid dienone is 1. The number of hydrogen-bond acceptors (Lipinski definition) is 12. The van der Waals surface area contributed by atoms with E-state index in [0.717, 1.165) is 35.1 Å². The summed E-state index contributed by atoms with van der Waals surface area (Å²) < 4.78 is 15.8. The first kappa shape index (κ1) is 46.8. The molecule has 2 heterocycles. The molecule has 15 nitrogen and oxygen atoms in total. The number of H-pyrrole nitrogens is 1. The van der Waals surface area contributed by atoms with E-state index < -0.39 is 29.9 Å². The number of unbranched alkanes of at least 4 members (excludes halogenated alkanes) is 1. The van der Waals surface area contributed by atoms with Gasteiger partial charge < -0.3 is 35.3 Å². The molecular weight excluding hydrogens is 790 g/mol. The summed E-state index contributed by atoms with van der Waals surface area (Å²) in [7, 11) is 1.29. The van der Waals surface area contributed by atoms with Crippen LogP contribution in [0.5, 0.6) is 0 Å². The number of amides is 1. The van der Waals surface area contributed by atoms with Gasteiger partial charge in [0.25, 0.3) is 0 Å². The molecule has 60 heavy (non-hydrogen) atoms. The number of rotatable bonds is 18. The summed E-state index contributed by atoms with van der Waals surface area (Å²) in [5, 5.41) is 27.6. The van der Waals surface area contributed by atoms with E-state index in [-0.39, 0.29) is 37.2 Å². The van der Waals surface area contributed by atoms with E-state index in [4.69, 9.17) is 31.5 Å². The summed E-state index contributed by atoms with van der Waals surface area (Å²) in [4.78, 5) is 51.8. The van der Waals surface area contributed by atoms with Gasteiger partial charge in [-0.15, -0.1) is 10.2 Å². The molecule has 1 aliphatic rings. The van der Waals surface area contributed by atoms with Crippen LogP contribution in [0.3, 0.4) is 0 Å². The number of methoxy groups -OCH3 is 1. The van der Waals surface area contributed by atoms with E-state index in [2.05, 4.69) is 25.9 Å². The number of halogens is 1. The molecule has 0 saturated heterocycles. The zero-order chi connectivity index (χ0) is 43.8. The van der Waals surface area contributed by atoms with Crippen LogP contribution in [0.4, 0.5) is 0 Å². The summed E-state index contributed by atoms with van der Waals surface area (Å²) in [5.74, 6) is -2.65. The summed E-state index contributed by atoms with van der Waals surface area (Å²) in [6, 6.07) is 21.8. The lowest BCUT2D eigenvalue weighted by Crippen LogP contribution is -2.47. The number of tetrazole rings is 1. The number of hydrogen-bond donors (Lipinski definition) is 4. The van der Waals surface area contributed by atoms with Crippen molar-refractivity contribution in [2.45, 2.75) is 72.4 Å². The van der Waals surface area contributed by atoms with Gasteiger partial charge in [0.05, 0.1) is 49.7 Å². The third-order valence-corrected chi connectivity index (χ3v) is 10.0. The lowest BCUT2D eigenvalue weighted by Gasteiger charge is -2.32. The predicted octanol–water partition coefficient (Wildman–Crippen LogP) is 6.43. The number of carboxylic acid groups (broad SMARTS) is 1. The normalized spacial score (nSPS) is 14.2. The van der Waals surface area contributed by atoms with Crippen molar-refractivity contribution in [1.82, 2.24) is 30.8 Å². The number of esters is 2. The molecule has 1 aromatic heterocycles. The molecule has 5 N–H and O–H groups in total. The minimum atomic E-state index is -0.976. The molecule has 0 saturated carbocycles. The minimum Gasteiger partial charge on any atom is -0.480 e. The maximum Gasteiger partial charge on any atom is 0.336 e. The largest absolute Gasteiger partial charge is 0.480 e. The van der Waals surface area contributed by atoms with Gasteiger partial charge in [-0.05, 0) is 59.7 Å². The number of aliphatic carboxylic acids is 1. The maximum absolute atomic E-state index is 12.9. The highest BCUT2D eigenvalue weighted by atomic mass is 35.5. The number of ether oxygens (including phenoxy) is 3. The molecule has 2 unspecified atom stereocenters. The Balaban J connectivity index is 0.000000267. The Morgan fingerprint density at radius 2 is 1.63 bits per heavy atom. The molecule has 16 heteroatoms.